The first-order chi connectivity index (χ1) is 11.7. The van der Waals surface area contributed by atoms with Gasteiger partial charge in [0.25, 0.3) is 0 Å². The largest absolute Gasteiger partial charge is 0.504 e. The van der Waals surface area contributed by atoms with Gasteiger partial charge in [0.1, 0.15) is 6.61 Å². The number of hydrogen-bond donors (Lipinski definition) is 2. The van der Waals surface area contributed by atoms with E-state index in [1.807, 2.05) is 30.3 Å². The molecule has 0 aliphatic heterocycles. The Morgan fingerprint density at radius 2 is 2.00 bits per heavy atom. The van der Waals surface area contributed by atoms with Crippen molar-refractivity contribution in [2.75, 3.05) is 13.7 Å². The number of phenols is 1. The van der Waals surface area contributed by atoms with Crippen molar-refractivity contribution >= 4 is 6.09 Å². The fourth-order valence-corrected chi connectivity index (χ4v) is 1.93. The van der Waals surface area contributed by atoms with Gasteiger partial charge in [-0.2, -0.15) is 0 Å². The molecule has 124 valence electrons. The summed E-state index contributed by atoms with van der Waals surface area (Å²) in [5.74, 6) is 6.29. The molecule has 2 aromatic carbocycles. The highest BCUT2D eigenvalue weighted by Crippen LogP contribution is 2.25. The summed E-state index contributed by atoms with van der Waals surface area (Å²) < 4.78 is 10.1. The molecule has 1 amide bonds. The first-order valence-corrected chi connectivity index (χ1v) is 7.49. The van der Waals surface area contributed by atoms with E-state index in [-0.39, 0.29) is 12.4 Å². The van der Waals surface area contributed by atoms with Gasteiger partial charge in [-0.25, -0.2) is 4.79 Å². The van der Waals surface area contributed by atoms with Crippen LogP contribution in [0.25, 0.3) is 0 Å². The fourth-order valence-electron chi connectivity index (χ4n) is 1.93. The summed E-state index contributed by atoms with van der Waals surface area (Å²) in [4.78, 5) is 11.5. The summed E-state index contributed by atoms with van der Waals surface area (Å²) in [6.45, 7) is 0.631. The molecule has 0 unspecified atom stereocenters. The Hall–Kier alpha value is -3.13. The van der Waals surface area contributed by atoms with Gasteiger partial charge in [0.15, 0.2) is 11.5 Å². The lowest BCUT2D eigenvalue weighted by atomic mass is 10.2. The van der Waals surface area contributed by atoms with Crippen molar-refractivity contribution in [2.24, 2.45) is 0 Å². The van der Waals surface area contributed by atoms with E-state index in [0.29, 0.717) is 24.3 Å². The SMILES string of the molecule is COc1ccc(C#CCCNC(=O)OCc2ccccc2)cc1O. The third-order valence-electron chi connectivity index (χ3n) is 3.14. The number of nitrogens with one attached hydrogen (secondary N) is 1. The molecule has 2 N–H and O–H groups in total. The second-order valence-corrected chi connectivity index (χ2v) is 4.93. The Kier molecular flexibility index (Phi) is 6.54. The zero-order valence-corrected chi connectivity index (χ0v) is 13.4. The molecule has 0 saturated carbocycles. The lowest BCUT2D eigenvalue weighted by molar-refractivity contribution is 0.140. The average molecular weight is 325 g/mol. The normalized spacial score (nSPS) is 9.54. The summed E-state index contributed by atoms with van der Waals surface area (Å²) in [5.41, 5.74) is 1.62. The minimum atomic E-state index is -0.470. The zero-order chi connectivity index (χ0) is 17.2. The molecule has 2 rings (SSSR count). The van der Waals surface area contributed by atoms with E-state index in [0.717, 1.165) is 5.56 Å². The average Bonchev–Trinajstić information content (AvgIpc) is 2.61. The zero-order valence-electron chi connectivity index (χ0n) is 13.4. The molecule has 0 aromatic heterocycles. The Morgan fingerprint density at radius 3 is 2.71 bits per heavy atom. The summed E-state index contributed by atoms with van der Waals surface area (Å²) >= 11 is 0. The van der Waals surface area contributed by atoms with Crippen molar-refractivity contribution in [3.63, 3.8) is 0 Å². The minimum Gasteiger partial charge on any atom is -0.504 e. The van der Waals surface area contributed by atoms with Crippen LogP contribution in [0, 0.1) is 11.8 Å². The van der Waals surface area contributed by atoms with Gasteiger partial charge in [0, 0.05) is 18.5 Å². The van der Waals surface area contributed by atoms with E-state index in [1.54, 1.807) is 12.1 Å². The molecular weight excluding hydrogens is 306 g/mol. The van der Waals surface area contributed by atoms with Crippen LogP contribution >= 0.6 is 0 Å². The van der Waals surface area contributed by atoms with Crippen LogP contribution in [0.3, 0.4) is 0 Å². The molecule has 5 heteroatoms. The van der Waals surface area contributed by atoms with Crippen LogP contribution < -0.4 is 10.1 Å². The number of alkyl carbamates (subject to hydrolysis) is 1. The maximum atomic E-state index is 11.5. The van der Waals surface area contributed by atoms with E-state index in [2.05, 4.69) is 17.2 Å². The van der Waals surface area contributed by atoms with Gasteiger partial charge in [0.05, 0.1) is 7.11 Å². The van der Waals surface area contributed by atoms with Crippen LogP contribution in [0.2, 0.25) is 0 Å². The van der Waals surface area contributed by atoms with Crippen molar-refractivity contribution in [3.8, 4) is 23.3 Å². The minimum absolute atomic E-state index is 0.0481. The van der Waals surface area contributed by atoms with E-state index in [1.165, 1.54) is 13.2 Å². The summed E-state index contributed by atoms with van der Waals surface area (Å²) in [7, 11) is 1.49. The Balaban J connectivity index is 1.69. The number of amides is 1. The quantitative estimate of drug-likeness (QED) is 0.655. The number of ether oxygens (including phenoxy) is 2. The second kappa shape index (κ2) is 9.11. The lowest BCUT2D eigenvalue weighted by Crippen LogP contribution is -2.24. The van der Waals surface area contributed by atoms with E-state index < -0.39 is 6.09 Å². The van der Waals surface area contributed by atoms with Gasteiger partial charge in [-0.1, -0.05) is 42.2 Å². The predicted octanol–water partition coefficient (Wildman–Crippen LogP) is 3.07. The van der Waals surface area contributed by atoms with Crippen molar-refractivity contribution in [1.82, 2.24) is 5.32 Å². The molecule has 0 fully saturated rings. The maximum absolute atomic E-state index is 11.5. The standard InChI is InChI=1S/C19H19NO4/c1-23-18-11-10-15(13-17(18)21)7-5-6-12-20-19(22)24-14-16-8-3-2-4-9-16/h2-4,8-11,13,21H,6,12,14H2,1H3,(H,20,22). The van der Waals surface area contributed by atoms with Crippen molar-refractivity contribution in [3.05, 3.63) is 59.7 Å². The lowest BCUT2D eigenvalue weighted by Gasteiger charge is -2.05. The first-order valence-electron chi connectivity index (χ1n) is 7.49. The molecule has 2 aromatic rings. The van der Waals surface area contributed by atoms with Crippen LogP contribution in [0.5, 0.6) is 11.5 Å². The fraction of sp³-hybridized carbons (Fsp3) is 0.211. The number of hydrogen-bond acceptors (Lipinski definition) is 4. The molecule has 0 atom stereocenters. The molecule has 0 spiro atoms. The first kappa shape index (κ1) is 17.2. The van der Waals surface area contributed by atoms with Crippen molar-refractivity contribution in [2.45, 2.75) is 13.0 Å². The molecular formula is C19H19NO4. The topological polar surface area (TPSA) is 67.8 Å². The summed E-state index contributed by atoms with van der Waals surface area (Å²) in [6.07, 6.45) is 0.00971. The van der Waals surface area contributed by atoms with Gasteiger partial charge < -0.3 is 19.9 Å². The van der Waals surface area contributed by atoms with Crippen molar-refractivity contribution < 1.29 is 19.4 Å². The summed E-state index contributed by atoms with van der Waals surface area (Å²) in [6, 6.07) is 14.4. The highest BCUT2D eigenvalue weighted by molar-refractivity contribution is 5.67. The van der Waals surface area contributed by atoms with Crippen molar-refractivity contribution in [1.29, 1.82) is 0 Å². The van der Waals surface area contributed by atoms with Gasteiger partial charge >= 0.3 is 6.09 Å². The van der Waals surface area contributed by atoms with Crippen LogP contribution in [0.15, 0.2) is 48.5 Å². The third-order valence-corrected chi connectivity index (χ3v) is 3.14. The number of benzene rings is 2. The van der Waals surface area contributed by atoms with Gasteiger partial charge in [-0.15, -0.1) is 0 Å². The number of phenolic OH excluding ortho intramolecular Hbond substituents is 1. The van der Waals surface area contributed by atoms with Crippen LogP contribution in [0.1, 0.15) is 17.5 Å². The molecule has 5 nitrogen and oxygen atoms in total. The number of methoxy groups -OCH3 is 1. The molecule has 0 saturated heterocycles. The molecule has 0 bridgehead atoms. The highest BCUT2D eigenvalue weighted by atomic mass is 16.5. The monoisotopic (exact) mass is 325 g/mol. The predicted molar refractivity (Wildman–Crippen MR) is 90.8 cm³/mol. The molecule has 0 radical (unpaired) electrons. The van der Waals surface area contributed by atoms with Crippen LogP contribution in [-0.2, 0) is 11.3 Å². The molecule has 0 aliphatic rings. The van der Waals surface area contributed by atoms with Gasteiger partial charge in [-0.05, 0) is 23.8 Å². The van der Waals surface area contributed by atoms with Gasteiger partial charge in [-0.3, -0.25) is 0 Å². The molecule has 0 aliphatic carbocycles. The number of rotatable bonds is 5. The van der Waals surface area contributed by atoms with E-state index >= 15 is 0 Å². The Bertz CT molecular complexity index is 732. The third kappa shape index (κ3) is 5.58. The van der Waals surface area contributed by atoms with Crippen LogP contribution in [0.4, 0.5) is 4.79 Å². The summed E-state index contributed by atoms with van der Waals surface area (Å²) in [5, 5.41) is 12.3. The molecule has 0 heterocycles. The number of carbonyl (C=O) groups excluding carboxylic acids is 1. The number of aromatic hydroxyl groups is 1. The second-order valence-electron chi connectivity index (χ2n) is 4.93. The highest BCUT2D eigenvalue weighted by Gasteiger charge is 2.01. The smallest absolute Gasteiger partial charge is 0.407 e. The van der Waals surface area contributed by atoms with Gasteiger partial charge in [0.2, 0.25) is 0 Å². The maximum Gasteiger partial charge on any atom is 0.407 e. The van der Waals surface area contributed by atoms with E-state index in [9.17, 15) is 9.90 Å². The molecule has 24 heavy (non-hydrogen) atoms. The Morgan fingerprint density at radius 1 is 1.21 bits per heavy atom. The van der Waals surface area contributed by atoms with Crippen LogP contribution in [-0.4, -0.2) is 24.9 Å². The Labute approximate surface area is 141 Å². The van der Waals surface area contributed by atoms with E-state index in [4.69, 9.17) is 9.47 Å². The number of carbonyl (C=O) groups is 1.